The van der Waals surface area contributed by atoms with Gasteiger partial charge in [0.05, 0.1) is 5.52 Å². The second-order valence-electron chi connectivity index (χ2n) is 5.04. The Balaban J connectivity index is 2.15. The van der Waals surface area contributed by atoms with Gasteiger partial charge in [-0.1, -0.05) is 42.1 Å². The summed E-state index contributed by atoms with van der Waals surface area (Å²) < 4.78 is 1.63. The molecule has 0 saturated heterocycles. The van der Waals surface area contributed by atoms with Gasteiger partial charge in [0.2, 0.25) is 5.88 Å². The zero-order valence-electron chi connectivity index (χ0n) is 12.2. The molecule has 0 radical (unpaired) electrons. The lowest BCUT2D eigenvalue weighted by atomic mass is 10.1. The largest absolute Gasteiger partial charge is 0.493 e. The van der Waals surface area contributed by atoms with Crippen molar-refractivity contribution in [2.24, 2.45) is 10.2 Å². The van der Waals surface area contributed by atoms with Crippen LogP contribution in [0.15, 0.2) is 31.3 Å². The van der Waals surface area contributed by atoms with Crippen LogP contribution in [0.4, 0.5) is 5.69 Å². The lowest BCUT2D eigenvalue weighted by molar-refractivity contribution is -0.118. The number of rotatable bonds is 6. The lowest BCUT2D eigenvalue weighted by Crippen LogP contribution is -1.91. The fraction of sp³-hybridized carbons (Fsp3) is 0.400. The van der Waals surface area contributed by atoms with E-state index >= 15 is 0 Å². The van der Waals surface area contributed by atoms with Crippen LogP contribution >= 0.6 is 31.9 Å². The fourth-order valence-corrected chi connectivity index (χ4v) is 3.48. The maximum absolute atomic E-state index is 11.7. The summed E-state index contributed by atoms with van der Waals surface area (Å²) in [6.07, 6.45) is 4.48. The zero-order valence-corrected chi connectivity index (χ0v) is 15.4. The van der Waals surface area contributed by atoms with Crippen LogP contribution in [-0.4, -0.2) is 16.0 Å². The second-order valence-corrected chi connectivity index (χ2v) is 6.81. The van der Waals surface area contributed by atoms with Crippen LogP contribution < -0.4 is 0 Å². The van der Waals surface area contributed by atoms with Gasteiger partial charge in [-0.15, -0.1) is 10.2 Å². The number of benzene rings is 1. The van der Waals surface area contributed by atoms with Gasteiger partial charge in [0.1, 0.15) is 0 Å². The first kappa shape index (κ1) is 17.1. The SMILES string of the molecule is CCCCCCC(=O)N=Nc1c(O)[nH]c2c(Br)cc(Br)cc12. The maximum Gasteiger partial charge on any atom is 0.264 e. The third kappa shape index (κ3) is 4.16. The maximum atomic E-state index is 11.7. The average molecular weight is 431 g/mol. The van der Waals surface area contributed by atoms with Gasteiger partial charge in [-0.05, 0) is 34.5 Å². The van der Waals surface area contributed by atoms with Crippen LogP contribution in [0.2, 0.25) is 0 Å². The Bertz CT molecular complexity index is 710. The van der Waals surface area contributed by atoms with E-state index in [1.807, 2.05) is 12.1 Å². The number of H-pyrrole nitrogens is 1. The van der Waals surface area contributed by atoms with Crippen LogP contribution in [0.1, 0.15) is 39.0 Å². The number of azo groups is 1. The quantitative estimate of drug-likeness (QED) is 0.436. The molecule has 1 aromatic heterocycles. The molecule has 7 heteroatoms. The highest BCUT2D eigenvalue weighted by molar-refractivity contribution is 9.11. The molecule has 118 valence electrons. The molecule has 22 heavy (non-hydrogen) atoms. The van der Waals surface area contributed by atoms with E-state index in [0.29, 0.717) is 17.3 Å². The van der Waals surface area contributed by atoms with Crippen molar-refractivity contribution in [1.29, 1.82) is 0 Å². The van der Waals surface area contributed by atoms with Crippen molar-refractivity contribution in [1.82, 2.24) is 4.98 Å². The lowest BCUT2D eigenvalue weighted by Gasteiger charge is -1.97. The number of nitrogens with one attached hydrogen (secondary N) is 1. The van der Waals surface area contributed by atoms with Crippen LogP contribution in [0.3, 0.4) is 0 Å². The van der Waals surface area contributed by atoms with E-state index < -0.39 is 0 Å². The summed E-state index contributed by atoms with van der Waals surface area (Å²) in [5.41, 5.74) is 0.990. The summed E-state index contributed by atoms with van der Waals surface area (Å²) >= 11 is 6.80. The summed E-state index contributed by atoms with van der Waals surface area (Å²) in [6, 6.07) is 3.68. The van der Waals surface area contributed by atoms with Crippen molar-refractivity contribution in [2.75, 3.05) is 0 Å². The topological polar surface area (TPSA) is 77.8 Å². The standard InChI is InChI=1S/C15H17Br2N3O2/c1-2-3-4-5-6-12(21)19-20-14-10-7-9(16)8-11(17)13(10)18-15(14)22/h7-8,18,22H,2-6H2,1H3. The molecular formula is C15H17Br2N3O2. The highest BCUT2D eigenvalue weighted by Gasteiger charge is 2.14. The number of hydrogen-bond donors (Lipinski definition) is 2. The molecule has 0 aliphatic heterocycles. The minimum Gasteiger partial charge on any atom is -0.493 e. The number of carbonyl (C=O) groups is 1. The van der Waals surface area contributed by atoms with Crippen LogP contribution in [0.5, 0.6) is 5.88 Å². The van der Waals surface area contributed by atoms with Gasteiger partial charge in [-0.3, -0.25) is 4.79 Å². The number of aromatic amines is 1. The van der Waals surface area contributed by atoms with Gasteiger partial charge >= 0.3 is 0 Å². The molecule has 0 atom stereocenters. The minimum absolute atomic E-state index is 0.101. The summed E-state index contributed by atoms with van der Waals surface area (Å²) in [4.78, 5) is 14.5. The van der Waals surface area contributed by atoms with E-state index in [9.17, 15) is 9.90 Å². The van der Waals surface area contributed by atoms with Crippen molar-refractivity contribution < 1.29 is 9.90 Å². The number of unbranched alkanes of at least 4 members (excludes halogenated alkanes) is 3. The first-order valence-electron chi connectivity index (χ1n) is 7.17. The Morgan fingerprint density at radius 3 is 2.77 bits per heavy atom. The normalized spacial score (nSPS) is 11.6. The molecule has 0 fully saturated rings. The van der Waals surface area contributed by atoms with Crippen molar-refractivity contribution in [3.05, 3.63) is 21.1 Å². The molecule has 0 aliphatic rings. The predicted molar refractivity (Wildman–Crippen MR) is 93.6 cm³/mol. The van der Waals surface area contributed by atoms with Gasteiger partial charge in [0, 0.05) is 20.8 Å². The molecule has 1 amide bonds. The Kier molecular flexibility index (Phi) is 6.14. The molecular weight excluding hydrogens is 414 g/mol. The van der Waals surface area contributed by atoms with Crippen molar-refractivity contribution >= 4 is 54.4 Å². The van der Waals surface area contributed by atoms with E-state index in [2.05, 4.69) is 54.0 Å². The molecule has 1 aromatic carbocycles. The molecule has 0 aliphatic carbocycles. The number of aromatic nitrogens is 1. The number of aromatic hydroxyl groups is 1. The molecule has 0 unspecified atom stereocenters. The monoisotopic (exact) mass is 429 g/mol. The number of amides is 1. The van der Waals surface area contributed by atoms with E-state index in [-0.39, 0.29) is 17.5 Å². The third-order valence-corrected chi connectivity index (χ3v) is 4.37. The first-order valence-corrected chi connectivity index (χ1v) is 8.75. The molecule has 2 N–H and O–H groups in total. The van der Waals surface area contributed by atoms with Gasteiger partial charge < -0.3 is 10.1 Å². The number of carbonyl (C=O) groups excluding carboxylic acids is 1. The van der Waals surface area contributed by atoms with Crippen molar-refractivity contribution in [2.45, 2.75) is 39.0 Å². The first-order chi connectivity index (χ1) is 10.5. The smallest absolute Gasteiger partial charge is 0.264 e. The van der Waals surface area contributed by atoms with Gasteiger partial charge in [0.25, 0.3) is 5.91 Å². The highest BCUT2D eigenvalue weighted by Crippen LogP contribution is 2.40. The fourth-order valence-electron chi connectivity index (χ4n) is 2.15. The van der Waals surface area contributed by atoms with Crippen LogP contribution in [0, 0.1) is 0 Å². The summed E-state index contributed by atoms with van der Waals surface area (Å²) in [6.45, 7) is 2.12. The van der Waals surface area contributed by atoms with E-state index in [1.165, 1.54) is 0 Å². The number of halogens is 2. The van der Waals surface area contributed by atoms with Gasteiger partial charge in [0.15, 0.2) is 5.69 Å². The molecule has 0 spiro atoms. The third-order valence-electron chi connectivity index (χ3n) is 3.28. The molecule has 2 aromatic rings. The molecule has 1 heterocycles. The summed E-state index contributed by atoms with van der Waals surface area (Å²) in [5.74, 6) is -0.366. The van der Waals surface area contributed by atoms with Crippen molar-refractivity contribution in [3.8, 4) is 5.88 Å². The number of hydrogen-bond acceptors (Lipinski definition) is 3. The number of fused-ring (bicyclic) bond motifs is 1. The highest BCUT2D eigenvalue weighted by atomic mass is 79.9. The summed E-state index contributed by atoms with van der Waals surface area (Å²) in [5, 5.41) is 18.3. The zero-order chi connectivity index (χ0) is 16.1. The Morgan fingerprint density at radius 2 is 2.05 bits per heavy atom. The van der Waals surface area contributed by atoms with Crippen molar-refractivity contribution in [3.63, 3.8) is 0 Å². The van der Waals surface area contributed by atoms with Crippen LogP contribution in [-0.2, 0) is 4.79 Å². The molecule has 2 rings (SSSR count). The van der Waals surface area contributed by atoms with Gasteiger partial charge in [-0.2, -0.15) is 0 Å². The van der Waals surface area contributed by atoms with E-state index in [1.54, 1.807) is 0 Å². The van der Waals surface area contributed by atoms with Gasteiger partial charge in [-0.25, -0.2) is 0 Å². The average Bonchev–Trinajstić information content (AvgIpc) is 2.78. The Labute approximate surface area is 145 Å². The summed E-state index contributed by atoms with van der Waals surface area (Å²) in [7, 11) is 0. The molecule has 5 nitrogen and oxygen atoms in total. The minimum atomic E-state index is -0.265. The second kappa shape index (κ2) is 7.87. The molecule has 0 bridgehead atoms. The Morgan fingerprint density at radius 1 is 1.27 bits per heavy atom. The Hall–Kier alpha value is -1.21. The van der Waals surface area contributed by atoms with E-state index in [0.717, 1.165) is 34.6 Å². The number of nitrogens with zero attached hydrogens (tertiary/aromatic N) is 2. The molecule has 0 saturated carbocycles. The van der Waals surface area contributed by atoms with Crippen LogP contribution in [0.25, 0.3) is 10.9 Å². The predicted octanol–water partition coefficient (Wildman–Crippen LogP) is 5.98. The van der Waals surface area contributed by atoms with E-state index in [4.69, 9.17) is 0 Å².